The summed E-state index contributed by atoms with van der Waals surface area (Å²) in [5.41, 5.74) is 1.95. The molecular formula is C11H14N4O2. The van der Waals surface area contributed by atoms with Gasteiger partial charge in [-0.25, -0.2) is 9.78 Å². The van der Waals surface area contributed by atoms with Gasteiger partial charge in [-0.15, -0.1) is 0 Å². The molecule has 3 rings (SSSR count). The highest BCUT2D eigenvalue weighted by atomic mass is 16.4. The lowest BCUT2D eigenvalue weighted by Crippen LogP contribution is -2.27. The molecule has 0 spiro atoms. The number of oxazole rings is 1. The molecule has 1 fully saturated rings. The Labute approximate surface area is 97.5 Å². The van der Waals surface area contributed by atoms with E-state index < -0.39 is 5.76 Å². The molecule has 0 amide bonds. The van der Waals surface area contributed by atoms with E-state index in [1.54, 1.807) is 0 Å². The number of aromatic nitrogens is 3. The highest BCUT2D eigenvalue weighted by Crippen LogP contribution is 2.27. The van der Waals surface area contributed by atoms with Crippen molar-refractivity contribution in [2.24, 2.45) is 0 Å². The first-order valence-electron chi connectivity index (χ1n) is 5.82. The molecule has 0 saturated carbocycles. The van der Waals surface area contributed by atoms with Crippen LogP contribution in [0.3, 0.4) is 0 Å². The third kappa shape index (κ3) is 1.84. The molecular weight excluding hydrogens is 220 g/mol. The molecule has 1 aliphatic rings. The third-order valence-corrected chi connectivity index (χ3v) is 3.16. The molecule has 0 radical (unpaired) electrons. The molecule has 2 aromatic rings. The van der Waals surface area contributed by atoms with Gasteiger partial charge in [0.15, 0.2) is 0 Å². The molecule has 90 valence electrons. The van der Waals surface area contributed by atoms with Gasteiger partial charge in [-0.1, -0.05) is 0 Å². The van der Waals surface area contributed by atoms with Crippen LogP contribution in [0.1, 0.15) is 30.3 Å². The number of fused-ring (bicyclic) bond motifs is 1. The standard InChI is InChI=1S/C11H14N4O2/c1-6-13-8(7-2-4-12-5-3-7)9-10(14-6)17-11(16)15-9/h7,12H,2-5H2,1H3,(H,15,16). The van der Waals surface area contributed by atoms with Crippen LogP contribution in [0.25, 0.3) is 11.2 Å². The molecule has 3 heterocycles. The number of aryl methyl sites for hydroxylation is 1. The van der Waals surface area contributed by atoms with Gasteiger partial charge in [-0.2, -0.15) is 4.98 Å². The van der Waals surface area contributed by atoms with Crippen molar-refractivity contribution in [2.45, 2.75) is 25.7 Å². The molecule has 0 atom stereocenters. The van der Waals surface area contributed by atoms with Crippen molar-refractivity contribution < 1.29 is 4.42 Å². The van der Waals surface area contributed by atoms with Crippen molar-refractivity contribution in [1.82, 2.24) is 20.3 Å². The van der Waals surface area contributed by atoms with Crippen LogP contribution in [0.5, 0.6) is 0 Å². The van der Waals surface area contributed by atoms with Crippen molar-refractivity contribution in [3.63, 3.8) is 0 Å². The number of rotatable bonds is 1. The van der Waals surface area contributed by atoms with Crippen molar-refractivity contribution in [1.29, 1.82) is 0 Å². The highest BCUT2D eigenvalue weighted by molar-refractivity contribution is 5.71. The van der Waals surface area contributed by atoms with E-state index in [1.165, 1.54) is 0 Å². The van der Waals surface area contributed by atoms with Crippen molar-refractivity contribution >= 4 is 11.2 Å². The summed E-state index contributed by atoms with van der Waals surface area (Å²) in [5, 5.41) is 3.31. The van der Waals surface area contributed by atoms with E-state index >= 15 is 0 Å². The predicted molar refractivity (Wildman–Crippen MR) is 62.0 cm³/mol. The first-order chi connectivity index (χ1) is 8.24. The van der Waals surface area contributed by atoms with Gasteiger partial charge in [0, 0.05) is 5.92 Å². The molecule has 0 aromatic carbocycles. The Bertz CT molecular complexity index is 595. The SMILES string of the molecule is Cc1nc(C2CCNCC2)c2[nH]c(=O)oc2n1. The first kappa shape index (κ1) is 10.5. The number of nitrogens with zero attached hydrogens (tertiary/aromatic N) is 2. The van der Waals surface area contributed by atoms with E-state index in [2.05, 4.69) is 20.3 Å². The van der Waals surface area contributed by atoms with Crippen LogP contribution >= 0.6 is 0 Å². The Balaban J connectivity index is 2.15. The Hall–Kier alpha value is -1.69. The van der Waals surface area contributed by atoms with E-state index in [-0.39, 0.29) is 0 Å². The molecule has 6 nitrogen and oxygen atoms in total. The normalized spacial score (nSPS) is 17.7. The van der Waals surface area contributed by atoms with Crippen LogP contribution in [0.4, 0.5) is 0 Å². The number of hydrogen-bond acceptors (Lipinski definition) is 5. The molecule has 1 aliphatic heterocycles. The van der Waals surface area contributed by atoms with Crippen LogP contribution in [0.2, 0.25) is 0 Å². The summed E-state index contributed by atoms with van der Waals surface area (Å²) in [5.74, 6) is 0.553. The number of aromatic amines is 1. The largest absolute Gasteiger partial charge is 0.418 e. The van der Waals surface area contributed by atoms with E-state index in [0.717, 1.165) is 31.6 Å². The quantitative estimate of drug-likeness (QED) is 0.758. The van der Waals surface area contributed by atoms with Crippen LogP contribution in [0.15, 0.2) is 9.21 Å². The smallest absolute Gasteiger partial charge is 0.389 e. The number of H-pyrrole nitrogens is 1. The maximum Gasteiger partial charge on any atom is 0.418 e. The van der Waals surface area contributed by atoms with Gasteiger partial charge in [0.2, 0.25) is 0 Å². The maximum atomic E-state index is 11.2. The van der Waals surface area contributed by atoms with E-state index in [0.29, 0.717) is 23.0 Å². The second kappa shape index (κ2) is 3.96. The molecule has 6 heteroatoms. The number of piperidine rings is 1. The Kier molecular flexibility index (Phi) is 2.44. The fourth-order valence-corrected chi connectivity index (χ4v) is 2.37. The van der Waals surface area contributed by atoms with Crippen LogP contribution in [-0.4, -0.2) is 28.0 Å². The first-order valence-corrected chi connectivity index (χ1v) is 5.82. The summed E-state index contributed by atoms with van der Waals surface area (Å²) in [4.78, 5) is 22.5. The zero-order chi connectivity index (χ0) is 11.8. The molecule has 2 N–H and O–H groups in total. The van der Waals surface area contributed by atoms with Crippen molar-refractivity contribution in [3.8, 4) is 0 Å². The second-order valence-electron chi connectivity index (χ2n) is 4.38. The minimum Gasteiger partial charge on any atom is -0.389 e. The highest BCUT2D eigenvalue weighted by Gasteiger charge is 2.21. The number of hydrogen-bond donors (Lipinski definition) is 2. The van der Waals surface area contributed by atoms with Gasteiger partial charge in [0.1, 0.15) is 11.3 Å². The van der Waals surface area contributed by atoms with Crippen LogP contribution in [-0.2, 0) is 0 Å². The Morgan fingerprint density at radius 2 is 2.06 bits per heavy atom. The fraction of sp³-hybridized carbons (Fsp3) is 0.545. The van der Waals surface area contributed by atoms with E-state index in [9.17, 15) is 4.79 Å². The van der Waals surface area contributed by atoms with Crippen LogP contribution in [0, 0.1) is 6.92 Å². The summed E-state index contributed by atoms with van der Waals surface area (Å²) in [6, 6.07) is 0. The molecule has 0 unspecified atom stereocenters. The van der Waals surface area contributed by atoms with Gasteiger partial charge >= 0.3 is 5.76 Å². The molecule has 0 bridgehead atoms. The zero-order valence-corrected chi connectivity index (χ0v) is 9.62. The Morgan fingerprint density at radius 1 is 1.29 bits per heavy atom. The van der Waals surface area contributed by atoms with Crippen molar-refractivity contribution in [2.75, 3.05) is 13.1 Å². The average molecular weight is 234 g/mol. The molecule has 2 aromatic heterocycles. The van der Waals surface area contributed by atoms with E-state index in [1.807, 2.05) is 6.92 Å². The van der Waals surface area contributed by atoms with Crippen molar-refractivity contribution in [3.05, 3.63) is 22.1 Å². The van der Waals surface area contributed by atoms with Crippen LogP contribution < -0.4 is 11.1 Å². The third-order valence-electron chi connectivity index (χ3n) is 3.16. The lowest BCUT2D eigenvalue weighted by molar-refractivity contribution is 0.454. The summed E-state index contributed by atoms with van der Waals surface area (Å²) in [7, 11) is 0. The molecule has 0 aliphatic carbocycles. The lowest BCUT2D eigenvalue weighted by atomic mass is 9.94. The van der Waals surface area contributed by atoms with Gasteiger partial charge in [0.05, 0.1) is 5.69 Å². The lowest BCUT2D eigenvalue weighted by Gasteiger charge is -2.22. The monoisotopic (exact) mass is 234 g/mol. The van der Waals surface area contributed by atoms with Gasteiger partial charge in [0.25, 0.3) is 5.71 Å². The summed E-state index contributed by atoms with van der Waals surface area (Å²) >= 11 is 0. The summed E-state index contributed by atoms with van der Waals surface area (Å²) in [6.45, 7) is 3.78. The van der Waals surface area contributed by atoms with Gasteiger partial charge < -0.3 is 9.73 Å². The summed E-state index contributed by atoms with van der Waals surface area (Å²) < 4.78 is 5.00. The van der Waals surface area contributed by atoms with Gasteiger partial charge in [-0.3, -0.25) is 4.98 Å². The fourth-order valence-electron chi connectivity index (χ4n) is 2.37. The van der Waals surface area contributed by atoms with Gasteiger partial charge in [-0.05, 0) is 32.9 Å². The number of nitrogens with one attached hydrogen (secondary N) is 2. The predicted octanol–water partition coefficient (Wildman–Crippen LogP) is 0.687. The summed E-state index contributed by atoms with van der Waals surface area (Å²) in [6.07, 6.45) is 2.05. The Morgan fingerprint density at radius 3 is 2.82 bits per heavy atom. The van der Waals surface area contributed by atoms with E-state index in [4.69, 9.17) is 4.42 Å². The molecule has 1 saturated heterocycles. The second-order valence-corrected chi connectivity index (χ2v) is 4.38. The topological polar surface area (TPSA) is 83.8 Å². The minimum absolute atomic E-state index is 0.369. The zero-order valence-electron chi connectivity index (χ0n) is 9.62. The molecule has 17 heavy (non-hydrogen) atoms. The minimum atomic E-state index is -0.463. The maximum absolute atomic E-state index is 11.2. The average Bonchev–Trinajstić information content (AvgIpc) is 2.69.